The number of thiazole rings is 1. The Morgan fingerprint density at radius 1 is 1.48 bits per heavy atom. The molecule has 0 aliphatic carbocycles. The Labute approximate surface area is 129 Å². The first-order valence-electron chi connectivity index (χ1n) is 6.79. The van der Waals surface area contributed by atoms with Crippen LogP contribution in [0.1, 0.15) is 10.7 Å². The van der Waals surface area contributed by atoms with Crippen LogP contribution in [0.2, 0.25) is 0 Å². The topological polar surface area (TPSA) is 71.6 Å². The van der Waals surface area contributed by atoms with Gasteiger partial charge in [0.1, 0.15) is 18.5 Å². The molecule has 6 heteroatoms. The highest BCUT2D eigenvalue weighted by molar-refractivity contribution is 7.09. The van der Waals surface area contributed by atoms with E-state index >= 15 is 0 Å². The van der Waals surface area contributed by atoms with Gasteiger partial charge in [-0.2, -0.15) is 0 Å². The number of nitrogen functional groups attached to an aromatic ring is 1. The highest BCUT2D eigenvalue weighted by Gasteiger charge is 2.11. The van der Waals surface area contributed by atoms with E-state index in [1.807, 2.05) is 36.4 Å². The summed E-state index contributed by atoms with van der Waals surface area (Å²) in [5.41, 5.74) is 7.36. The van der Waals surface area contributed by atoms with E-state index in [0.717, 1.165) is 17.2 Å². The molecule has 1 heterocycles. The van der Waals surface area contributed by atoms with Gasteiger partial charge in [-0.1, -0.05) is 6.07 Å². The molecule has 0 radical (unpaired) electrons. The number of benzene rings is 1. The third kappa shape index (κ3) is 5.34. The average Bonchev–Trinajstić information content (AvgIpc) is 2.81. The molecule has 0 fully saturated rings. The Bertz CT molecular complexity index is 574. The fourth-order valence-corrected chi connectivity index (χ4v) is 2.63. The molecule has 5 nitrogen and oxygen atoms in total. The smallest absolute Gasteiger partial charge is 0.121 e. The SMILES string of the molecule is Cc1nc(CN(C)CC(O)COc2cccc(N)c2)cs1. The Kier molecular flexibility index (Phi) is 5.55. The van der Waals surface area contributed by atoms with Gasteiger partial charge < -0.3 is 15.6 Å². The molecular weight excluding hydrogens is 286 g/mol. The van der Waals surface area contributed by atoms with Gasteiger partial charge in [0, 0.05) is 30.2 Å². The Balaban J connectivity index is 1.74. The Morgan fingerprint density at radius 2 is 2.29 bits per heavy atom. The Morgan fingerprint density at radius 3 is 2.95 bits per heavy atom. The molecule has 0 aliphatic heterocycles. The van der Waals surface area contributed by atoms with Crippen LogP contribution in [0.15, 0.2) is 29.6 Å². The van der Waals surface area contributed by atoms with Crippen LogP contribution < -0.4 is 10.5 Å². The number of aliphatic hydroxyl groups is 1. The van der Waals surface area contributed by atoms with Gasteiger partial charge in [0.25, 0.3) is 0 Å². The van der Waals surface area contributed by atoms with E-state index in [-0.39, 0.29) is 6.61 Å². The van der Waals surface area contributed by atoms with E-state index in [0.29, 0.717) is 18.0 Å². The van der Waals surface area contributed by atoms with Gasteiger partial charge in [-0.3, -0.25) is 4.90 Å². The molecule has 1 atom stereocenters. The minimum absolute atomic E-state index is 0.240. The van der Waals surface area contributed by atoms with Crippen molar-refractivity contribution in [2.75, 3.05) is 25.9 Å². The molecule has 0 spiro atoms. The van der Waals surface area contributed by atoms with Gasteiger partial charge in [0.2, 0.25) is 0 Å². The summed E-state index contributed by atoms with van der Waals surface area (Å²) in [5, 5.41) is 13.1. The number of rotatable bonds is 7. The summed E-state index contributed by atoms with van der Waals surface area (Å²) in [6.07, 6.45) is -0.559. The summed E-state index contributed by atoms with van der Waals surface area (Å²) in [6, 6.07) is 7.19. The van der Waals surface area contributed by atoms with Crippen molar-refractivity contribution in [2.45, 2.75) is 19.6 Å². The number of aliphatic hydroxyl groups excluding tert-OH is 1. The van der Waals surface area contributed by atoms with Gasteiger partial charge in [0.15, 0.2) is 0 Å². The zero-order valence-electron chi connectivity index (χ0n) is 12.3. The van der Waals surface area contributed by atoms with Crippen LogP contribution in [0.5, 0.6) is 5.75 Å². The Hall–Kier alpha value is -1.63. The molecule has 1 aromatic heterocycles. The number of anilines is 1. The van der Waals surface area contributed by atoms with Gasteiger partial charge in [-0.15, -0.1) is 11.3 Å². The zero-order chi connectivity index (χ0) is 15.2. The molecule has 0 amide bonds. The first-order chi connectivity index (χ1) is 10.0. The number of ether oxygens (including phenoxy) is 1. The van der Waals surface area contributed by atoms with E-state index in [1.165, 1.54) is 0 Å². The van der Waals surface area contributed by atoms with Crippen molar-refractivity contribution in [3.63, 3.8) is 0 Å². The van der Waals surface area contributed by atoms with Crippen LogP contribution >= 0.6 is 11.3 Å². The lowest BCUT2D eigenvalue weighted by atomic mass is 10.3. The second kappa shape index (κ2) is 7.40. The third-order valence-electron chi connectivity index (χ3n) is 2.92. The van der Waals surface area contributed by atoms with E-state index in [9.17, 15) is 5.11 Å². The van der Waals surface area contributed by atoms with Crippen LogP contribution in [0.25, 0.3) is 0 Å². The minimum atomic E-state index is -0.559. The molecule has 2 rings (SSSR count). The monoisotopic (exact) mass is 307 g/mol. The van der Waals surface area contributed by atoms with Crippen LogP contribution in [0.4, 0.5) is 5.69 Å². The van der Waals surface area contributed by atoms with Crippen molar-refractivity contribution in [1.29, 1.82) is 0 Å². The maximum Gasteiger partial charge on any atom is 0.121 e. The van der Waals surface area contributed by atoms with Gasteiger partial charge >= 0.3 is 0 Å². The average molecular weight is 307 g/mol. The largest absolute Gasteiger partial charge is 0.491 e. The summed E-state index contributed by atoms with van der Waals surface area (Å²) >= 11 is 1.64. The minimum Gasteiger partial charge on any atom is -0.491 e. The molecule has 2 aromatic rings. The molecule has 1 unspecified atom stereocenters. The fourth-order valence-electron chi connectivity index (χ4n) is 2.03. The van der Waals surface area contributed by atoms with Crippen LogP contribution in [-0.2, 0) is 6.54 Å². The molecular formula is C15H21N3O2S. The van der Waals surface area contributed by atoms with Gasteiger partial charge in [-0.25, -0.2) is 4.98 Å². The standard InChI is InChI=1S/C15H21N3O2S/c1-11-17-13(10-21-11)7-18(2)8-14(19)9-20-15-5-3-4-12(16)6-15/h3-6,10,14,19H,7-9,16H2,1-2H3. The molecule has 0 saturated heterocycles. The molecule has 0 aliphatic rings. The van der Waals surface area contributed by atoms with Crippen molar-refractivity contribution in [2.24, 2.45) is 0 Å². The molecule has 0 saturated carbocycles. The summed E-state index contributed by atoms with van der Waals surface area (Å²) in [4.78, 5) is 6.44. The number of hydrogen-bond acceptors (Lipinski definition) is 6. The molecule has 21 heavy (non-hydrogen) atoms. The summed E-state index contributed by atoms with van der Waals surface area (Å²) in [6.45, 7) is 3.48. The van der Waals surface area contributed by atoms with E-state index in [1.54, 1.807) is 23.5 Å². The van der Waals surface area contributed by atoms with Crippen LogP contribution in [0, 0.1) is 6.92 Å². The third-order valence-corrected chi connectivity index (χ3v) is 3.74. The first kappa shape index (κ1) is 15.8. The van der Waals surface area contributed by atoms with Gasteiger partial charge in [0.05, 0.1) is 10.7 Å². The number of hydrogen-bond donors (Lipinski definition) is 2. The highest BCUT2D eigenvalue weighted by atomic mass is 32.1. The predicted octanol–water partition coefficient (Wildman–Crippen LogP) is 1.91. The van der Waals surface area contributed by atoms with Crippen LogP contribution in [0.3, 0.4) is 0 Å². The van der Waals surface area contributed by atoms with E-state index in [4.69, 9.17) is 10.5 Å². The predicted molar refractivity (Wildman–Crippen MR) is 85.5 cm³/mol. The quantitative estimate of drug-likeness (QED) is 0.765. The number of nitrogens with zero attached hydrogens (tertiary/aromatic N) is 2. The number of aryl methyl sites for hydroxylation is 1. The summed E-state index contributed by atoms with van der Waals surface area (Å²) in [7, 11) is 1.96. The lowest BCUT2D eigenvalue weighted by Crippen LogP contribution is -2.32. The summed E-state index contributed by atoms with van der Waals surface area (Å²) in [5.74, 6) is 0.673. The molecule has 114 valence electrons. The number of likely N-dealkylation sites (N-methyl/N-ethyl adjacent to an activating group) is 1. The van der Waals surface area contributed by atoms with Crippen molar-refractivity contribution >= 4 is 17.0 Å². The molecule has 0 bridgehead atoms. The maximum atomic E-state index is 10.0. The lowest BCUT2D eigenvalue weighted by Gasteiger charge is -2.20. The van der Waals surface area contributed by atoms with Gasteiger partial charge in [-0.05, 0) is 26.1 Å². The highest BCUT2D eigenvalue weighted by Crippen LogP contribution is 2.15. The normalized spacial score (nSPS) is 12.6. The molecule has 1 aromatic carbocycles. The lowest BCUT2D eigenvalue weighted by molar-refractivity contribution is 0.0741. The summed E-state index contributed by atoms with van der Waals surface area (Å²) < 4.78 is 5.53. The fraction of sp³-hybridized carbons (Fsp3) is 0.400. The van der Waals surface area contributed by atoms with E-state index < -0.39 is 6.10 Å². The second-order valence-electron chi connectivity index (χ2n) is 5.09. The second-order valence-corrected chi connectivity index (χ2v) is 6.15. The van der Waals surface area contributed by atoms with Crippen molar-refractivity contribution in [3.8, 4) is 5.75 Å². The zero-order valence-corrected chi connectivity index (χ0v) is 13.1. The van der Waals surface area contributed by atoms with Crippen LogP contribution in [-0.4, -0.2) is 41.3 Å². The molecule has 3 N–H and O–H groups in total. The number of aromatic nitrogens is 1. The van der Waals surface area contributed by atoms with Crippen molar-refractivity contribution in [3.05, 3.63) is 40.3 Å². The van der Waals surface area contributed by atoms with E-state index in [2.05, 4.69) is 4.98 Å². The van der Waals surface area contributed by atoms with Crippen molar-refractivity contribution in [1.82, 2.24) is 9.88 Å². The first-order valence-corrected chi connectivity index (χ1v) is 7.67. The van der Waals surface area contributed by atoms with Crippen molar-refractivity contribution < 1.29 is 9.84 Å². The number of nitrogens with two attached hydrogens (primary N) is 1. The maximum absolute atomic E-state index is 10.0.